The molecule has 0 bridgehead atoms. The average Bonchev–Trinajstić information content (AvgIpc) is 3.38. The van der Waals surface area contributed by atoms with Crippen LogP contribution in [0.15, 0.2) is 29.4 Å². The molecule has 0 unspecified atom stereocenters. The number of anilines is 2. The van der Waals surface area contributed by atoms with E-state index in [4.69, 9.17) is 9.97 Å². The Morgan fingerprint density at radius 3 is 2.79 bits per heavy atom. The van der Waals surface area contributed by atoms with E-state index in [0.717, 1.165) is 42.8 Å². The zero-order valence-electron chi connectivity index (χ0n) is 16.7. The van der Waals surface area contributed by atoms with Gasteiger partial charge >= 0.3 is 0 Å². The molecule has 2 aromatic rings. The first-order valence-corrected chi connectivity index (χ1v) is 11.7. The van der Waals surface area contributed by atoms with Crippen molar-refractivity contribution in [2.75, 3.05) is 36.2 Å². The molecule has 2 fully saturated rings. The second-order valence-corrected chi connectivity index (χ2v) is 10.1. The highest BCUT2D eigenvalue weighted by atomic mass is 32.2. The van der Waals surface area contributed by atoms with Gasteiger partial charge in [0, 0.05) is 38.2 Å². The number of pyridine rings is 1. The first kappa shape index (κ1) is 18.9. The topological polar surface area (TPSA) is 91.2 Å². The Morgan fingerprint density at radius 2 is 2.10 bits per heavy atom. The molecule has 0 radical (unpaired) electrons. The first-order valence-electron chi connectivity index (χ1n) is 10.4. The number of nitrogens with zero attached hydrogens (tertiary/aromatic N) is 4. The number of aliphatic hydroxyl groups is 1. The molecule has 0 amide bonds. The van der Waals surface area contributed by atoms with Gasteiger partial charge in [-0.05, 0) is 55.2 Å². The Balaban J connectivity index is 1.36. The second kappa shape index (κ2) is 7.32. The van der Waals surface area contributed by atoms with Crippen molar-refractivity contribution in [2.45, 2.75) is 48.5 Å². The zero-order valence-corrected chi connectivity index (χ0v) is 17.5. The fraction of sp³-hybridized carbons (Fsp3) is 0.571. The fourth-order valence-electron chi connectivity index (χ4n) is 4.52. The monoisotopic (exact) mass is 413 g/mol. The van der Waals surface area contributed by atoms with Gasteiger partial charge in [-0.15, -0.1) is 0 Å². The maximum atomic E-state index is 12.5. The van der Waals surface area contributed by atoms with Gasteiger partial charge in [-0.2, -0.15) is 4.98 Å². The number of aliphatic hydroxyl groups excluding tert-OH is 1. The Hall–Kier alpha value is -2.06. The molecule has 2 aromatic heterocycles. The van der Waals surface area contributed by atoms with Crippen molar-refractivity contribution >= 4 is 22.6 Å². The van der Waals surface area contributed by atoms with Gasteiger partial charge in [-0.25, -0.2) is 4.98 Å². The van der Waals surface area contributed by atoms with Crippen LogP contribution in [0, 0.1) is 5.92 Å². The van der Waals surface area contributed by atoms with Gasteiger partial charge in [-0.1, -0.05) is 0 Å². The summed E-state index contributed by atoms with van der Waals surface area (Å²) in [5, 5.41) is 13.3. The Bertz CT molecular complexity index is 929. The average molecular weight is 414 g/mol. The summed E-state index contributed by atoms with van der Waals surface area (Å²) >= 11 is 0. The highest BCUT2D eigenvalue weighted by Gasteiger charge is 2.41. The lowest BCUT2D eigenvalue weighted by Gasteiger charge is -2.41. The summed E-state index contributed by atoms with van der Waals surface area (Å²) in [6.07, 6.45) is 8.51. The van der Waals surface area contributed by atoms with E-state index in [2.05, 4.69) is 27.3 Å². The van der Waals surface area contributed by atoms with Crippen LogP contribution in [-0.2, 0) is 17.2 Å². The lowest BCUT2D eigenvalue weighted by atomic mass is 9.77. The largest absolute Gasteiger partial charge is 0.394 e. The van der Waals surface area contributed by atoms with Crippen molar-refractivity contribution in [1.82, 2.24) is 15.0 Å². The minimum absolute atomic E-state index is 0.0687. The molecule has 0 spiro atoms. The minimum atomic E-state index is -1.07. The third-order valence-corrected chi connectivity index (χ3v) is 8.04. The van der Waals surface area contributed by atoms with Crippen molar-refractivity contribution in [3.8, 4) is 0 Å². The van der Waals surface area contributed by atoms with Gasteiger partial charge in [0.2, 0.25) is 5.95 Å². The summed E-state index contributed by atoms with van der Waals surface area (Å²) in [6, 6.07) is 4.20. The van der Waals surface area contributed by atoms with Crippen LogP contribution in [0.5, 0.6) is 0 Å². The molecule has 1 aliphatic heterocycles. The maximum absolute atomic E-state index is 12.5. The van der Waals surface area contributed by atoms with Gasteiger partial charge in [0.1, 0.15) is 10.7 Å². The molecule has 5 rings (SSSR count). The van der Waals surface area contributed by atoms with Crippen LogP contribution < -0.4 is 10.2 Å². The number of hydrogen-bond acceptors (Lipinski definition) is 7. The summed E-state index contributed by atoms with van der Waals surface area (Å²) in [5.74, 6) is 3.10. The zero-order chi connectivity index (χ0) is 20.0. The van der Waals surface area contributed by atoms with Gasteiger partial charge in [0.15, 0.2) is 0 Å². The predicted octanol–water partition coefficient (Wildman–Crippen LogP) is 2.10. The van der Waals surface area contributed by atoms with E-state index in [1.165, 1.54) is 12.0 Å². The number of fused-ring (bicyclic) bond motifs is 1. The standard InChI is InChI=1S/C21H27N5O2S/c1-26(12-15-11-16(15)14-3-8-22-9-4-14)20-23-17-5-10-29(28)18(17)19(24-20)25-21(13-27)6-2-7-21/h3-4,8-9,15-16,27H,2,5-7,10-13H2,1H3,(H,23,24,25)/t15-,16-,29+/m0/s1. The van der Waals surface area contributed by atoms with E-state index in [9.17, 15) is 9.32 Å². The number of aromatic nitrogens is 3. The molecular weight excluding hydrogens is 386 g/mol. The summed E-state index contributed by atoms with van der Waals surface area (Å²) in [5.41, 5.74) is 1.91. The van der Waals surface area contributed by atoms with Crippen molar-refractivity contribution in [2.24, 2.45) is 5.92 Å². The predicted molar refractivity (Wildman–Crippen MR) is 113 cm³/mol. The molecule has 3 atom stereocenters. The highest BCUT2D eigenvalue weighted by Crippen LogP contribution is 2.48. The fourth-order valence-corrected chi connectivity index (χ4v) is 5.82. The molecule has 3 heterocycles. The molecule has 0 saturated heterocycles. The molecule has 154 valence electrons. The smallest absolute Gasteiger partial charge is 0.227 e. The van der Waals surface area contributed by atoms with E-state index in [1.807, 2.05) is 19.4 Å². The molecular formula is C21H27N5O2S. The number of aryl methyl sites for hydroxylation is 1. The highest BCUT2D eigenvalue weighted by molar-refractivity contribution is 7.85. The van der Waals surface area contributed by atoms with E-state index in [-0.39, 0.29) is 12.1 Å². The van der Waals surface area contributed by atoms with E-state index in [1.54, 1.807) is 0 Å². The van der Waals surface area contributed by atoms with Crippen molar-refractivity contribution in [3.63, 3.8) is 0 Å². The summed E-state index contributed by atoms with van der Waals surface area (Å²) < 4.78 is 12.5. The third kappa shape index (κ3) is 3.53. The quantitative estimate of drug-likeness (QED) is 0.718. The van der Waals surface area contributed by atoms with E-state index in [0.29, 0.717) is 29.4 Å². The molecule has 29 heavy (non-hydrogen) atoms. The van der Waals surface area contributed by atoms with Crippen LogP contribution in [0.4, 0.5) is 11.8 Å². The summed E-state index contributed by atoms with van der Waals surface area (Å²) in [7, 11) is 0.964. The SMILES string of the molecule is CN(C[C@@H]1C[C@H]1c1ccncc1)c1nc2c(c(NC3(CO)CCC3)n1)[S@](=O)CC2. The maximum Gasteiger partial charge on any atom is 0.227 e. The van der Waals surface area contributed by atoms with E-state index < -0.39 is 10.8 Å². The van der Waals surface area contributed by atoms with Crippen molar-refractivity contribution in [3.05, 3.63) is 35.8 Å². The molecule has 8 heteroatoms. The summed E-state index contributed by atoms with van der Waals surface area (Å²) in [4.78, 5) is 16.5. The molecule has 7 nitrogen and oxygen atoms in total. The lowest BCUT2D eigenvalue weighted by Crippen LogP contribution is -2.48. The molecule has 2 saturated carbocycles. The molecule has 2 aliphatic carbocycles. The third-order valence-electron chi connectivity index (χ3n) is 6.58. The van der Waals surface area contributed by atoms with Crippen LogP contribution in [0.1, 0.15) is 42.9 Å². The molecule has 2 N–H and O–H groups in total. The van der Waals surface area contributed by atoms with Crippen LogP contribution in [0.25, 0.3) is 0 Å². The number of hydrogen-bond donors (Lipinski definition) is 2. The Morgan fingerprint density at radius 1 is 1.31 bits per heavy atom. The van der Waals surface area contributed by atoms with Crippen LogP contribution in [0.2, 0.25) is 0 Å². The van der Waals surface area contributed by atoms with Crippen molar-refractivity contribution < 1.29 is 9.32 Å². The molecule has 0 aromatic carbocycles. The van der Waals surface area contributed by atoms with Crippen molar-refractivity contribution in [1.29, 1.82) is 0 Å². The van der Waals surface area contributed by atoms with Crippen LogP contribution >= 0.6 is 0 Å². The minimum Gasteiger partial charge on any atom is -0.394 e. The van der Waals surface area contributed by atoms with Gasteiger partial charge in [-0.3, -0.25) is 9.19 Å². The van der Waals surface area contributed by atoms with Crippen LogP contribution in [-0.4, -0.2) is 55.8 Å². The Labute approximate surface area is 173 Å². The van der Waals surface area contributed by atoms with Gasteiger partial charge in [0.25, 0.3) is 0 Å². The normalized spacial score (nSPS) is 26.5. The van der Waals surface area contributed by atoms with Gasteiger partial charge in [0.05, 0.1) is 28.6 Å². The van der Waals surface area contributed by atoms with E-state index >= 15 is 0 Å². The number of nitrogens with one attached hydrogen (secondary N) is 1. The summed E-state index contributed by atoms with van der Waals surface area (Å²) in [6.45, 7) is 0.957. The lowest BCUT2D eigenvalue weighted by molar-refractivity contribution is 0.143. The second-order valence-electron chi connectivity index (χ2n) is 8.63. The van der Waals surface area contributed by atoms with Crippen LogP contribution in [0.3, 0.4) is 0 Å². The first-order chi connectivity index (χ1) is 14.1. The number of rotatable bonds is 7. The molecule has 3 aliphatic rings. The van der Waals surface area contributed by atoms with Gasteiger partial charge < -0.3 is 15.3 Å². The Kier molecular flexibility index (Phi) is 4.78.